The van der Waals surface area contributed by atoms with E-state index in [4.69, 9.17) is 21.1 Å². The number of carbonyl (C=O) groups is 2. The maximum atomic E-state index is 12.8. The zero-order valence-corrected chi connectivity index (χ0v) is 16.3. The standard InChI is InChI=1S/C22H16ClFN2O4/c23-17-7-5-15(6-8-17)22(28)30-20-4-2-1-3-16(20)13-25-26-21(27)14-29-19-11-9-18(24)10-12-19/h1-13H,14H2,(H,26,27)/b25-13-. The molecule has 0 unspecified atom stereocenters. The normalized spacial score (nSPS) is 10.6. The van der Waals surface area contributed by atoms with Crippen LogP contribution < -0.4 is 14.9 Å². The van der Waals surface area contributed by atoms with Gasteiger partial charge in [0, 0.05) is 10.6 Å². The third-order valence-electron chi connectivity index (χ3n) is 3.78. The molecule has 0 saturated heterocycles. The molecule has 0 heterocycles. The molecule has 1 amide bonds. The summed E-state index contributed by atoms with van der Waals surface area (Å²) in [5, 5.41) is 4.36. The van der Waals surface area contributed by atoms with Crippen LogP contribution >= 0.6 is 11.6 Å². The molecule has 152 valence electrons. The van der Waals surface area contributed by atoms with E-state index in [0.717, 1.165) is 0 Å². The SMILES string of the molecule is O=C(COc1ccc(F)cc1)N/N=C\c1ccccc1OC(=O)c1ccc(Cl)cc1. The van der Waals surface area contributed by atoms with E-state index in [9.17, 15) is 14.0 Å². The smallest absolute Gasteiger partial charge is 0.343 e. The molecule has 6 nitrogen and oxygen atoms in total. The van der Waals surface area contributed by atoms with E-state index in [0.29, 0.717) is 21.9 Å². The molecule has 0 spiro atoms. The number of amides is 1. The number of rotatable bonds is 7. The summed E-state index contributed by atoms with van der Waals surface area (Å²) in [5.74, 6) is -0.824. The molecule has 8 heteroatoms. The Morgan fingerprint density at radius 2 is 1.70 bits per heavy atom. The number of nitrogens with one attached hydrogen (secondary N) is 1. The van der Waals surface area contributed by atoms with Crippen molar-refractivity contribution in [1.29, 1.82) is 0 Å². The van der Waals surface area contributed by atoms with Crippen LogP contribution in [-0.2, 0) is 4.79 Å². The van der Waals surface area contributed by atoms with Crippen molar-refractivity contribution in [2.75, 3.05) is 6.61 Å². The molecule has 3 aromatic rings. The summed E-state index contributed by atoms with van der Waals surface area (Å²) in [7, 11) is 0. The van der Waals surface area contributed by atoms with Gasteiger partial charge in [-0.3, -0.25) is 4.79 Å². The lowest BCUT2D eigenvalue weighted by Crippen LogP contribution is -2.24. The quantitative estimate of drug-likeness (QED) is 0.265. The van der Waals surface area contributed by atoms with Gasteiger partial charge in [-0.25, -0.2) is 14.6 Å². The van der Waals surface area contributed by atoms with E-state index in [1.165, 1.54) is 30.5 Å². The Morgan fingerprint density at radius 1 is 1.00 bits per heavy atom. The third-order valence-corrected chi connectivity index (χ3v) is 4.03. The van der Waals surface area contributed by atoms with Crippen LogP contribution in [0.4, 0.5) is 4.39 Å². The highest BCUT2D eigenvalue weighted by atomic mass is 35.5. The lowest BCUT2D eigenvalue weighted by molar-refractivity contribution is -0.123. The van der Waals surface area contributed by atoms with E-state index in [2.05, 4.69) is 10.5 Å². The lowest BCUT2D eigenvalue weighted by Gasteiger charge is -2.07. The van der Waals surface area contributed by atoms with Gasteiger partial charge in [-0.15, -0.1) is 0 Å². The van der Waals surface area contributed by atoms with Gasteiger partial charge >= 0.3 is 5.97 Å². The number of halogens is 2. The minimum Gasteiger partial charge on any atom is -0.484 e. The molecule has 3 rings (SSSR count). The van der Waals surface area contributed by atoms with Crippen molar-refractivity contribution in [1.82, 2.24) is 5.43 Å². The number of hydrogen-bond acceptors (Lipinski definition) is 5. The van der Waals surface area contributed by atoms with Crippen LogP contribution in [0.3, 0.4) is 0 Å². The first-order valence-corrected chi connectivity index (χ1v) is 9.16. The summed E-state index contributed by atoms with van der Waals surface area (Å²) in [6.07, 6.45) is 1.35. The van der Waals surface area contributed by atoms with Gasteiger partial charge in [0.25, 0.3) is 5.91 Å². The van der Waals surface area contributed by atoms with E-state index >= 15 is 0 Å². The first kappa shape index (κ1) is 21.0. The third kappa shape index (κ3) is 6.15. The van der Waals surface area contributed by atoms with Crippen molar-refractivity contribution in [3.05, 3.63) is 94.8 Å². The van der Waals surface area contributed by atoms with E-state index in [1.54, 1.807) is 48.5 Å². The molecule has 0 aliphatic carbocycles. The summed E-state index contributed by atoms with van der Waals surface area (Å²) >= 11 is 5.82. The first-order valence-electron chi connectivity index (χ1n) is 8.78. The van der Waals surface area contributed by atoms with E-state index in [-0.39, 0.29) is 12.4 Å². The maximum Gasteiger partial charge on any atom is 0.343 e. The molecular weight excluding hydrogens is 411 g/mol. The fourth-order valence-electron chi connectivity index (χ4n) is 2.31. The van der Waals surface area contributed by atoms with Crippen LogP contribution in [0.2, 0.25) is 5.02 Å². The molecule has 0 saturated carbocycles. The zero-order chi connectivity index (χ0) is 21.3. The van der Waals surface area contributed by atoms with Crippen molar-refractivity contribution in [2.24, 2.45) is 5.10 Å². The molecular formula is C22H16ClFN2O4. The van der Waals surface area contributed by atoms with Gasteiger partial charge in [0.05, 0.1) is 11.8 Å². The molecule has 0 radical (unpaired) electrons. The van der Waals surface area contributed by atoms with Crippen LogP contribution in [-0.4, -0.2) is 24.7 Å². The highest BCUT2D eigenvalue weighted by Crippen LogP contribution is 2.18. The average molecular weight is 427 g/mol. The van der Waals surface area contributed by atoms with E-state index < -0.39 is 17.7 Å². The number of esters is 1. The summed E-state index contributed by atoms with van der Waals surface area (Å²) in [6.45, 7) is -0.295. The molecule has 0 atom stereocenters. The van der Waals surface area contributed by atoms with Gasteiger partial charge in [-0.2, -0.15) is 5.10 Å². The monoisotopic (exact) mass is 426 g/mol. The summed E-state index contributed by atoms with van der Waals surface area (Å²) in [5.41, 5.74) is 3.14. The van der Waals surface area contributed by atoms with Gasteiger partial charge in [-0.05, 0) is 60.7 Å². The Hall–Kier alpha value is -3.71. The van der Waals surface area contributed by atoms with Gasteiger partial charge in [0.2, 0.25) is 0 Å². The number of para-hydroxylation sites is 1. The van der Waals surface area contributed by atoms with Crippen molar-refractivity contribution in [3.63, 3.8) is 0 Å². The highest BCUT2D eigenvalue weighted by molar-refractivity contribution is 6.30. The molecule has 0 fully saturated rings. The van der Waals surface area contributed by atoms with Crippen LogP contribution in [0.5, 0.6) is 11.5 Å². The Morgan fingerprint density at radius 3 is 2.43 bits per heavy atom. The van der Waals surface area contributed by atoms with Gasteiger partial charge in [-0.1, -0.05) is 23.7 Å². The Bertz CT molecular complexity index is 1050. The molecule has 1 N–H and O–H groups in total. The number of nitrogens with zero attached hydrogens (tertiary/aromatic N) is 1. The summed E-state index contributed by atoms with van der Waals surface area (Å²) in [4.78, 5) is 24.1. The van der Waals surface area contributed by atoms with Gasteiger partial charge in [0.1, 0.15) is 17.3 Å². The second-order valence-corrected chi connectivity index (χ2v) is 6.41. The van der Waals surface area contributed by atoms with Crippen LogP contribution in [0, 0.1) is 5.82 Å². The van der Waals surface area contributed by atoms with E-state index in [1.807, 2.05) is 0 Å². The topological polar surface area (TPSA) is 77.0 Å². The fraction of sp³-hybridized carbons (Fsp3) is 0.0455. The van der Waals surface area contributed by atoms with Crippen LogP contribution in [0.1, 0.15) is 15.9 Å². The predicted molar refractivity (Wildman–Crippen MR) is 110 cm³/mol. The molecule has 0 aliphatic rings. The van der Waals surface area contributed by atoms with Crippen molar-refractivity contribution < 1.29 is 23.5 Å². The number of ether oxygens (including phenoxy) is 2. The second-order valence-electron chi connectivity index (χ2n) is 5.97. The molecule has 0 aliphatic heterocycles. The zero-order valence-electron chi connectivity index (χ0n) is 15.5. The molecule has 0 bridgehead atoms. The average Bonchev–Trinajstić information content (AvgIpc) is 2.75. The van der Waals surface area contributed by atoms with Crippen molar-refractivity contribution >= 4 is 29.7 Å². The Labute approximate surface area is 176 Å². The Kier molecular flexibility index (Phi) is 7.13. The number of hydrogen-bond donors (Lipinski definition) is 1. The maximum absolute atomic E-state index is 12.8. The van der Waals surface area contributed by atoms with Crippen LogP contribution in [0.25, 0.3) is 0 Å². The molecule has 0 aromatic heterocycles. The summed E-state index contributed by atoms with van der Waals surface area (Å²) in [6, 6.07) is 18.3. The predicted octanol–water partition coefficient (Wildman–Crippen LogP) is 4.23. The first-order chi connectivity index (χ1) is 14.5. The van der Waals surface area contributed by atoms with Crippen molar-refractivity contribution in [2.45, 2.75) is 0 Å². The largest absolute Gasteiger partial charge is 0.484 e. The summed E-state index contributed by atoms with van der Waals surface area (Å²) < 4.78 is 23.5. The Balaban J connectivity index is 1.56. The molecule has 30 heavy (non-hydrogen) atoms. The number of carbonyl (C=O) groups excluding carboxylic acids is 2. The van der Waals surface area contributed by atoms with Gasteiger partial charge < -0.3 is 9.47 Å². The number of benzene rings is 3. The highest BCUT2D eigenvalue weighted by Gasteiger charge is 2.11. The van der Waals surface area contributed by atoms with Crippen molar-refractivity contribution in [3.8, 4) is 11.5 Å². The van der Waals surface area contributed by atoms with Crippen LogP contribution in [0.15, 0.2) is 77.9 Å². The lowest BCUT2D eigenvalue weighted by atomic mass is 10.2. The van der Waals surface area contributed by atoms with Gasteiger partial charge in [0.15, 0.2) is 6.61 Å². The minimum atomic E-state index is -0.552. The molecule has 3 aromatic carbocycles. The number of hydrazone groups is 1. The second kappa shape index (κ2) is 10.2. The minimum absolute atomic E-state index is 0.276. The fourth-order valence-corrected chi connectivity index (χ4v) is 2.44.